The summed E-state index contributed by atoms with van der Waals surface area (Å²) < 4.78 is 2.11. The summed E-state index contributed by atoms with van der Waals surface area (Å²) in [4.78, 5) is 36.5. The van der Waals surface area contributed by atoms with Gasteiger partial charge in [-0.15, -0.1) is 0 Å². The Balaban J connectivity index is 1.62. The summed E-state index contributed by atoms with van der Waals surface area (Å²) in [5, 5.41) is 2.21. The molecule has 1 aromatic heterocycles. The van der Waals surface area contributed by atoms with Gasteiger partial charge < -0.3 is 15.1 Å². The Kier molecular flexibility index (Phi) is 6.38. The minimum atomic E-state index is -0.544. The lowest BCUT2D eigenvalue weighted by Crippen LogP contribution is -2.32. The number of aromatic nitrogens is 1. The predicted octanol–water partition coefficient (Wildman–Crippen LogP) is 5.22. The summed E-state index contributed by atoms with van der Waals surface area (Å²) >= 11 is 0. The Bertz CT molecular complexity index is 1550. The molecule has 0 fully saturated rings. The van der Waals surface area contributed by atoms with E-state index in [-0.39, 0.29) is 6.61 Å². The van der Waals surface area contributed by atoms with Crippen LogP contribution < -0.4 is 10.6 Å². The number of primary amides is 1. The highest BCUT2D eigenvalue weighted by Gasteiger charge is 2.22. The van der Waals surface area contributed by atoms with Gasteiger partial charge in [0.05, 0.1) is 16.4 Å². The van der Waals surface area contributed by atoms with Crippen molar-refractivity contribution in [2.75, 3.05) is 0 Å². The lowest BCUT2D eigenvalue weighted by atomic mass is 10.1. The second-order valence-corrected chi connectivity index (χ2v) is 8.41. The van der Waals surface area contributed by atoms with E-state index in [1.54, 1.807) is 12.1 Å². The summed E-state index contributed by atoms with van der Waals surface area (Å²) in [5.74, 6) is -0.592. The first kappa shape index (κ1) is 23.1. The third-order valence-electron chi connectivity index (χ3n) is 5.96. The highest BCUT2D eigenvalue weighted by molar-refractivity contribution is 6.19. The quantitative estimate of drug-likeness (QED) is 0.309. The van der Waals surface area contributed by atoms with E-state index in [0.717, 1.165) is 27.4 Å². The van der Waals surface area contributed by atoms with Crippen molar-refractivity contribution < 1.29 is 19.3 Å². The van der Waals surface area contributed by atoms with Crippen LogP contribution >= 0.6 is 0 Å². The molecular formula is C29H25N3O4. The normalized spacial score (nSPS) is 11.0. The first-order chi connectivity index (χ1) is 17.5. The van der Waals surface area contributed by atoms with Crippen LogP contribution in [0.5, 0.6) is 5.75 Å². The van der Waals surface area contributed by atoms with Gasteiger partial charge in [-0.05, 0) is 40.6 Å². The van der Waals surface area contributed by atoms with E-state index in [9.17, 15) is 9.59 Å². The number of carbonyl (C=O) groups is 2. The van der Waals surface area contributed by atoms with E-state index in [1.807, 2.05) is 84.9 Å². The fraction of sp³-hybridized carbons (Fsp3) is 0.103. The van der Waals surface area contributed by atoms with Crippen molar-refractivity contribution in [3.8, 4) is 5.75 Å². The molecule has 36 heavy (non-hydrogen) atoms. The van der Waals surface area contributed by atoms with Gasteiger partial charge in [0.25, 0.3) is 5.91 Å². The van der Waals surface area contributed by atoms with Crippen LogP contribution in [0.15, 0.2) is 97.1 Å². The number of nitrogens with zero attached hydrogens (tertiary/aromatic N) is 2. The molecular weight excluding hydrogens is 454 g/mol. The number of nitrogens with two attached hydrogens (primary N) is 1. The molecule has 5 rings (SSSR count). The third kappa shape index (κ3) is 4.52. The number of hydrogen-bond acceptors (Lipinski definition) is 4. The Morgan fingerprint density at radius 1 is 0.778 bits per heavy atom. The molecule has 0 atom stereocenters. The van der Waals surface area contributed by atoms with Crippen LogP contribution in [-0.4, -0.2) is 21.6 Å². The van der Waals surface area contributed by atoms with Crippen molar-refractivity contribution >= 4 is 33.6 Å². The van der Waals surface area contributed by atoms with E-state index in [0.29, 0.717) is 28.6 Å². The van der Waals surface area contributed by atoms with Crippen molar-refractivity contribution in [3.05, 3.63) is 114 Å². The van der Waals surface area contributed by atoms with Gasteiger partial charge in [-0.25, -0.2) is 4.84 Å². The van der Waals surface area contributed by atoms with Crippen LogP contribution in [0.4, 0.5) is 0 Å². The zero-order valence-corrected chi connectivity index (χ0v) is 19.8. The molecule has 0 bridgehead atoms. The summed E-state index contributed by atoms with van der Waals surface area (Å²) in [5.41, 5.74) is 9.81. The molecule has 0 aliphatic rings. The largest absolute Gasteiger partial charge is 0.366 e. The second-order valence-electron chi connectivity index (χ2n) is 8.41. The lowest BCUT2D eigenvalue weighted by Gasteiger charge is -2.20. The molecule has 1 heterocycles. The van der Waals surface area contributed by atoms with Gasteiger partial charge in [0.2, 0.25) is 5.91 Å². The van der Waals surface area contributed by atoms with Crippen LogP contribution in [0.25, 0.3) is 21.8 Å². The summed E-state index contributed by atoms with van der Waals surface area (Å²) in [6.45, 7) is 2.09. The fourth-order valence-electron chi connectivity index (χ4n) is 4.35. The highest BCUT2D eigenvalue weighted by atomic mass is 17.0. The van der Waals surface area contributed by atoms with Crippen molar-refractivity contribution in [2.24, 2.45) is 5.73 Å². The molecule has 2 amide bonds. The van der Waals surface area contributed by atoms with Crippen molar-refractivity contribution in [3.63, 3.8) is 0 Å². The van der Waals surface area contributed by atoms with Crippen LogP contribution in [0.1, 0.15) is 28.4 Å². The van der Waals surface area contributed by atoms with Gasteiger partial charge in [-0.2, -0.15) is 0 Å². The standard InChI is InChI=1S/C29H25N3O4/c1-20(33)32(35-19-22-12-6-3-7-13-22)36-26-17-9-16-25-28(26)27-23(29(30)34)14-8-15-24(27)31(25)18-21-10-4-2-5-11-21/h2-17H,18-19H2,1H3,(H2,30,34). The van der Waals surface area contributed by atoms with E-state index < -0.39 is 11.8 Å². The van der Waals surface area contributed by atoms with Gasteiger partial charge in [0, 0.05) is 24.4 Å². The van der Waals surface area contributed by atoms with Crippen LogP contribution in [-0.2, 0) is 22.8 Å². The topological polar surface area (TPSA) is 86.8 Å². The molecule has 0 saturated heterocycles. The first-order valence-electron chi connectivity index (χ1n) is 11.6. The van der Waals surface area contributed by atoms with Crippen molar-refractivity contribution in [2.45, 2.75) is 20.1 Å². The Morgan fingerprint density at radius 2 is 1.39 bits per heavy atom. The molecule has 4 aromatic carbocycles. The second kappa shape index (κ2) is 9.93. The molecule has 0 spiro atoms. The molecule has 7 heteroatoms. The average Bonchev–Trinajstić information content (AvgIpc) is 3.21. The van der Waals surface area contributed by atoms with Gasteiger partial charge in [0.15, 0.2) is 5.75 Å². The Hall–Kier alpha value is -4.62. The molecule has 180 valence electrons. The van der Waals surface area contributed by atoms with Gasteiger partial charge in [-0.1, -0.05) is 72.8 Å². The average molecular weight is 480 g/mol. The van der Waals surface area contributed by atoms with E-state index in [2.05, 4.69) is 4.57 Å². The number of rotatable bonds is 8. The Morgan fingerprint density at radius 3 is 2.03 bits per heavy atom. The zero-order valence-electron chi connectivity index (χ0n) is 19.8. The van der Waals surface area contributed by atoms with Crippen LogP contribution in [0.2, 0.25) is 0 Å². The fourth-order valence-corrected chi connectivity index (χ4v) is 4.35. The number of carbonyl (C=O) groups excluding carboxylic acids is 2. The maximum Gasteiger partial charge on any atom is 0.281 e. The number of fused-ring (bicyclic) bond motifs is 3. The first-order valence-corrected chi connectivity index (χ1v) is 11.6. The van der Waals surface area contributed by atoms with Crippen molar-refractivity contribution in [1.82, 2.24) is 9.79 Å². The van der Waals surface area contributed by atoms with Crippen LogP contribution in [0.3, 0.4) is 0 Å². The molecule has 0 aliphatic heterocycles. The van der Waals surface area contributed by atoms with E-state index in [1.165, 1.54) is 6.92 Å². The van der Waals surface area contributed by atoms with E-state index >= 15 is 0 Å². The molecule has 0 saturated carbocycles. The summed E-state index contributed by atoms with van der Waals surface area (Å²) in [6.07, 6.45) is 0. The maximum absolute atomic E-state index is 12.4. The SMILES string of the molecule is CC(=O)N(OCc1ccccc1)Oc1cccc2c1c1c(C(N)=O)cccc1n2Cc1ccccc1. The number of benzene rings is 4. The van der Waals surface area contributed by atoms with Gasteiger partial charge in [0.1, 0.15) is 6.61 Å². The van der Waals surface area contributed by atoms with Crippen molar-refractivity contribution in [1.29, 1.82) is 0 Å². The lowest BCUT2D eigenvalue weighted by molar-refractivity contribution is -0.300. The summed E-state index contributed by atoms with van der Waals surface area (Å²) in [6, 6.07) is 30.5. The third-order valence-corrected chi connectivity index (χ3v) is 5.96. The van der Waals surface area contributed by atoms with Gasteiger partial charge >= 0.3 is 0 Å². The monoisotopic (exact) mass is 479 g/mol. The smallest absolute Gasteiger partial charge is 0.281 e. The molecule has 0 unspecified atom stereocenters. The van der Waals surface area contributed by atoms with Gasteiger partial charge in [-0.3, -0.25) is 9.59 Å². The Labute approximate surface area is 208 Å². The molecule has 2 N–H and O–H groups in total. The minimum Gasteiger partial charge on any atom is -0.366 e. The molecule has 0 aliphatic carbocycles. The zero-order chi connectivity index (χ0) is 25.1. The maximum atomic E-state index is 12.4. The molecule has 7 nitrogen and oxygen atoms in total. The number of hydroxylamine groups is 2. The highest BCUT2D eigenvalue weighted by Crippen LogP contribution is 2.38. The minimum absolute atomic E-state index is 0.151. The van der Waals surface area contributed by atoms with Crippen LogP contribution in [0, 0.1) is 0 Å². The number of amides is 2. The number of hydrogen-bond donors (Lipinski definition) is 1. The molecule has 5 aromatic rings. The molecule has 0 radical (unpaired) electrons. The van der Waals surface area contributed by atoms with E-state index in [4.69, 9.17) is 15.4 Å². The summed E-state index contributed by atoms with van der Waals surface area (Å²) in [7, 11) is 0. The predicted molar refractivity (Wildman–Crippen MR) is 138 cm³/mol.